The van der Waals surface area contributed by atoms with Gasteiger partial charge in [0.1, 0.15) is 0 Å². The normalized spacial score (nSPS) is 28.3. The first-order valence-corrected chi connectivity index (χ1v) is 3.21. The lowest BCUT2D eigenvalue weighted by atomic mass is 10.3. The summed E-state index contributed by atoms with van der Waals surface area (Å²) in [5, 5.41) is 2.75. The molecule has 52 valence electrons. The van der Waals surface area contributed by atoms with Gasteiger partial charge in [-0.2, -0.15) is 0 Å². The molecule has 0 aliphatic carbocycles. The lowest BCUT2D eigenvalue weighted by Gasteiger charge is -2.07. The molecule has 0 aromatic carbocycles. The Labute approximate surface area is 55.0 Å². The predicted octanol–water partition coefficient (Wildman–Crippen LogP) is -0.563. The van der Waals surface area contributed by atoms with Gasteiger partial charge in [0.25, 0.3) is 0 Å². The van der Waals surface area contributed by atoms with Gasteiger partial charge in [0.05, 0.1) is 0 Å². The monoisotopic (exact) mass is 128 g/mol. The van der Waals surface area contributed by atoms with E-state index in [9.17, 15) is 4.79 Å². The third-order valence-corrected chi connectivity index (χ3v) is 1.70. The summed E-state index contributed by atoms with van der Waals surface area (Å²) >= 11 is 0. The molecule has 3 nitrogen and oxygen atoms in total. The molecule has 0 aromatic heterocycles. The SMILES string of the molecule is CN1CCC(NC=O)C1. The van der Waals surface area contributed by atoms with Gasteiger partial charge in [-0.15, -0.1) is 0 Å². The van der Waals surface area contributed by atoms with E-state index in [2.05, 4.69) is 17.3 Å². The summed E-state index contributed by atoms with van der Waals surface area (Å²) in [6.45, 7) is 2.10. The number of amides is 1. The van der Waals surface area contributed by atoms with Crippen LogP contribution in [0.5, 0.6) is 0 Å². The zero-order valence-corrected chi connectivity index (χ0v) is 5.63. The highest BCUT2D eigenvalue weighted by Crippen LogP contribution is 2.04. The number of carbonyl (C=O) groups excluding carboxylic acids is 1. The van der Waals surface area contributed by atoms with Crippen LogP contribution in [0.3, 0.4) is 0 Å². The van der Waals surface area contributed by atoms with Gasteiger partial charge < -0.3 is 10.2 Å². The van der Waals surface area contributed by atoms with Crippen LogP contribution in [0.4, 0.5) is 0 Å². The van der Waals surface area contributed by atoms with Crippen molar-refractivity contribution in [3.05, 3.63) is 0 Å². The fourth-order valence-electron chi connectivity index (χ4n) is 1.17. The largest absolute Gasteiger partial charge is 0.355 e. The molecule has 1 N–H and O–H groups in total. The van der Waals surface area contributed by atoms with Gasteiger partial charge in [0, 0.05) is 12.6 Å². The molecule has 3 heteroatoms. The van der Waals surface area contributed by atoms with Crippen LogP contribution in [-0.2, 0) is 4.79 Å². The van der Waals surface area contributed by atoms with Gasteiger partial charge in [-0.05, 0) is 20.0 Å². The van der Waals surface area contributed by atoms with Gasteiger partial charge in [-0.1, -0.05) is 0 Å². The molecule has 1 fully saturated rings. The van der Waals surface area contributed by atoms with Crippen LogP contribution in [0, 0.1) is 0 Å². The lowest BCUT2D eigenvalue weighted by molar-refractivity contribution is -0.110. The van der Waals surface area contributed by atoms with Crippen molar-refractivity contribution >= 4 is 6.41 Å². The van der Waals surface area contributed by atoms with Crippen molar-refractivity contribution in [3.8, 4) is 0 Å². The number of nitrogens with zero attached hydrogens (tertiary/aromatic N) is 1. The average molecular weight is 128 g/mol. The molecule has 0 radical (unpaired) electrons. The van der Waals surface area contributed by atoms with Crippen LogP contribution in [0.25, 0.3) is 0 Å². The number of hydrogen-bond acceptors (Lipinski definition) is 2. The van der Waals surface area contributed by atoms with E-state index >= 15 is 0 Å². The summed E-state index contributed by atoms with van der Waals surface area (Å²) in [6.07, 6.45) is 1.87. The van der Waals surface area contributed by atoms with Gasteiger partial charge in [0.15, 0.2) is 0 Å². The van der Waals surface area contributed by atoms with Crippen molar-refractivity contribution in [2.45, 2.75) is 12.5 Å². The third kappa shape index (κ3) is 1.68. The number of hydrogen-bond donors (Lipinski definition) is 1. The minimum Gasteiger partial charge on any atom is -0.355 e. The highest BCUT2D eigenvalue weighted by molar-refractivity contribution is 5.46. The Hall–Kier alpha value is -0.570. The number of nitrogens with one attached hydrogen (secondary N) is 1. The Bertz CT molecular complexity index is 105. The molecule has 9 heavy (non-hydrogen) atoms. The summed E-state index contributed by atoms with van der Waals surface area (Å²) in [5.74, 6) is 0. The van der Waals surface area contributed by atoms with Gasteiger partial charge in [-0.3, -0.25) is 4.79 Å². The highest BCUT2D eigenvalue weighted by Gasteiger charge is 2.17. The van der Waals surface area contributed by atoms with Crippen LogP contribution in [0.1, 0.15) is 6.42 Å². The van der Waals surface area contributed by atoms with E-state index in [0.29, 0.717) is 6.04 Å². The number of rotatable bonds is 2. The third-order valence-electron chi connectivity index (χ3n) is 1.70. The van der Waals surface area contributed by atoms with Crippen molar-refractivity contribution in [1.82, 2.24) is 10.2 Å². The molecule has 1 rings (SSSR count). The summed E-state index contributed by atoms with van der Waals surface area (Å²) in [4.78, 5) is 12.1. The second kappa shape index (κ2) is 2.82. The molecular weight excluding hydrogens is 116 g/mol. The van der Waals surface area contributed by atoms with Crippen molar-refractivity contribution in [2.75, 3.05) is 20.1 Å². The van der Waals surface area contributed by atoms with Crippen molar-refractivity contribution in [2.24, 2.45) is 0 Å². The van der Waals surface area contributed by atoms with Crippen molar-refractivity contribution < 1.29 is 4.79 Å². The maximum atomic E-state index is 9.94. The summed E-state index contributed by atoms with van der Waals surface area (Å²) in [5.41, 5.74) is 0. The first-order valence-electron chi connectivity index (χ1n) is 3.21. The van der Waals surface area contributed by atoms with E-state index in [1.807, 2.05) is 0 Å². The van der Waals surface area contributed by atoms with E-state index in [1.54, 1.807) is 0 Å². The first kappa shape index (κ1) is 6.55. The summed E-state index contributed by atoms with van der Waals surface area (Å²) in [7, 11) is 2.06. The van der Waals surface area contributed by atoms with Gasteiger partial charge >= 0.3 is 0 Å². The van der Waals surface area contributed by atoms with Gasteiger partial charge in [-0.25, -0.2) is 0 Å². The maximum absolute atomic E-state index is 9.94. The lowest BCUT2D eigenvalue weighted by Crippen LogP contribution is -2.29. The van der Waals surface area contributed by atoms with E-state index < -0.39 is 0 Å². The first-order chi connectivity index (χ1) is 4.33. The fourth-order valence-corrected chi connectivity index (χ4v) is 1.17. The molecule has 0 aromatic rings. The standard InChI is InChI=1S/C6H12N2O/c1-8-3-2-6(4-8)7-5-9/h5-6H,2-4H2,1H3,(H,7,9). The number of likely N-dealkylation sites (N-methyl/N-ethyl adjacent to an activating group) is 1. The molecular formula is C6H12N2O. The second-order valence-corrected chi connectivity index (χ2v) is 2.53. The van der Waals surface area contributed by atoms with Crippen LogP contribution in [0.2, 0.25) is 0 Å². The number of likely N-dealkylation sites (tertiary alicyclic amines) is 1. The zero-order chi connectivity index (χ0) is 6.69. The molecule has 1 unspecified atom stereocenters. The predicted molar refractivity (Wildman–Crippen MR) is 35.1 cm³/mol. The molecule has 0 bridgehead atoms. The minimum absolute atomic E-state index is 0.396. The summed E-state index contributed by atoms with van der Waals surface area (Å²) < 4.78 is 0. The Balaban J connectivity index is 2.21. The topological polar surface area (TPSA) is 32.3 Å². The quantitative estimate of drug-likeness (QED) is 0.505. The Kier molecular flexibility index (Phi) is 2.05. The molecule has 1 aliphatic rings. The molecule has 1 atom stereocenters. The van der Waals surface area contributed by atoms with E-state index in [1.165, 1.54) is 0 Å². The smallest absolute Gasteiger partial charge is 0.207 e. The summed E-state index contributed by atoms with van der Waals surface area (Å²) in [6, 6.07) is 0.396. The van der Waals surface area contributed by atoms with E-state index in [4.69, 9.17) is 0 Å². The molecule has 0 spiro atoms. The van der Waals surface area contributed by atoms with E-state index in [-0.39, 0.29) is 0 Å². The Morgan fingerprint density at radius 1 is 1.78 bits per heavy atom. The Morgan fingerprint density at radius 3 is 3.00 bits per heavy atom. The molecule has 0 saturated carbocycles. The second-order valence-electron chi connectivity index (χ2n) is 2.53. The molecule has 1 amide bonds. The van der Waals surface area contributed by atoms with Crippen LogP contribution < -0.4 is 5.32 Å². The fraction of sp³-hybridized carbons (Fsp3) is 0.833. The Morgan fingerprint density at radius 2 is 2.56 bits per heavy atom. The van der Waals surface area contributed by atoms with Gasteiger partial charge in [0.2, 0.25) is 6.41 Å². The number of carbonyl (C=O) groups is 1. The van der Waals surface area contributed by atoms with Crippen LogP contribution >= 0.6 is 0 Å². The molecule has 1 saturated heterocycles. The van der Waals surface area contributed by atoms with E-state index in [0.717, 1.165) is 25.9 Å². The highest BCUT2D eigenvalue weighted by atomic mass is 16.1. The molecule has 1 aliphatic heterocycles. The van der Waals surface area contributed by atoms with Crippen molar-refractivity contribution in [1.29, 1.82) is 0 Å². The van der Waals surface area contributed by atoms with Crippen LogP contribution in [-0.4, -0.2) is 37.5 Å². The van der Waals surface area contributed by atoms with Crippen molar-refractivity contribution in [3.63, 3.8) is 0 Å². The molecule has 1 heterocycles. The average Bonchev–Trinajstić information content (AvgIpc) is 2.17. The zero-order valence-electron chi connectivity index (χ0n) is 5.63. The van der Waals surface area contributed by atoms with Crippen LogP contribution in [0.15, 0.2) is 0 Å². The maximum Gasteiger partial charge on any atom is 0.207 e. The minimum atomic E-state index is 0.396.